The van der Waals surface area contributed by atoms with Crippen molar-refractivity contribution in [1.82, 2.24) is 0 Å². The van der Waals surface area contributed by atoms with Crippen LogP contribution in [0.2, 0.25) is 0 Å². The lowest BCUT2D eigenvalue weighted by Crippen LogP contribution is -3.00. The molecule has 0 aromatic rings. The largest absolute Gasteiger partial charge is 1.00 e. The monoisotopic (exact) mass is 1160 g/mol. The third kappa shape index (κ3) is 25.8. The molecule has 0 rings (SSSR count). The lowest BCUT2D eigenvalue weighted by atomic mass is 10.1. The van der Waals surface area contributed by atoms with Crippen LogP contribution in [-0.2, 0) is 0 Å². The van der Waals surface area contributed by atoms with Crippen molar-refractivity contribution in [3.05, 3.63) is 0 Å². The molecule has 0 aliphatic rings. The number of quaternary nitrogens is 4. The third-order valence-electron chi connectivity index (χ3n) is 13.8. The van der Waals surface area contributed by atoms with Gasteiger partial charge >= 0.3 is 0 Å². The van der Waals surface area contributed by atoms with Gasteiger partial charge in [-0.15, -0.1) is 0 Å². The Morgan fingerprint density at radius 1 is 0.180 bits per heavy atom. The van der Waals surface area contributed by atoms with Crippen LogP contribution in [0.5, 0.6) is 0 Å². The van der Waals surface area contributed by atoms with E-state index in [-0.39, 0.29) is 95.9 Å². The molecule has 0 amide bonds. The molecule has 0 spiro atoms. The van der Waals surface area contributed by atoms with Gasteiger partial charge in [-0.2, -0.15) is 0 Å². The second-order valence-corrected chi connectivity index (χ2v) is 15.5. The predicted octanol–water partition coefficient (Wildman–Crippen LogP) is -1.29. The molecule has 0 saturated heterocycles. The summed E-state index contributed by atoms with van der Waals surface area (Å²) in [5, 5.41) is 0. The van der Waals surface area contributed by atoms with Crippen LogP contribution in [0, 0.1) is 0 Å². The second-order valence-electron chi connectivity index (χ2n) is 15.5. The summed E-state index contributed by atoms with van der Waals surface area (Å²) >= 11 is 0. The molecular formula is C42H94I4N4. The minimum absolute atomic E-state index is 0. The van der Waals surface area contributed by atoms with E-state index in [0.29, 0.717) is 0 Å². The highest BCUT2D eigenvalue weighted by molar-refractivity contribution is 4.53. The van der Waals surface area contributed by atoms with Gasteiger partial charge in [0.25, 0.3) is 0 Å². The number of nitrogens with zero attached hydrogens (tertiary/aromatic N) is 4. The van der Waals surface area contributed by atoms with Crippen molar-refractivity contribution >= 4 is 0 Å². The van der Waals surface area contributed by atoms with Crippen LogP contribution in [0.3, 0.4) is 0 Å². The molecule has 0 aromatic carbocycles. The van der Waals surface area contributed by atoms with Crippen molar-refractivity contribution in [2.75, 3.05) is 105 Å². The number of hydrogen-bond acceptors (Lipinski definition) is 0. The standard InChI is InChI=1S/C42H94N4.4HI/c1-11-43(12-2,13-3)37-31-27-29-35-41-45(17-7,18-8)39-33-25-23-21-22-24-26-34-40-46(19-9,20-10)42-36-30-28-32-38-44(14-4,15-5)16-6;;;;/h11-42H2,1-10H3;4*1H/q+4;;;;/p-4. The summed E-state index contributed by atoms with van der Waals surface area (Å²) in [6, 6.07) is 0. The first-order valence-electron chi connectivity index (χ1n) is 21.6. The Balaban J connectivity index is -0.00000169. The Bertz CT molecular complexity index is 594. The molecule has 0 heterocycles. The van der Waals surface area contributed by atoms with Gasteiger partial charge in [0.1, 0.15) is 0 Å². The average molecular weight is 1160 g/mol. The first kappa shape index (κ1) is 62.0. The van der Waals surface area contributed by atoms with Gasteiger partial charge in [-0.25, -0.2) is 0 Å². The minimum atomic E-state index is 0. The number of halogens is 4. The van der Waals surface area contributed by atoms with Crippen LogP contribution in [0.1, 0.15) is 172 Å². The molecule has 310 valence electrons. The molecule has 4 nitrogen and oxygen atoms in total. The fraction of sp³-hybridized carbons (Fsp3) is 1.00. The van der Waals surface area contributed by atoms with Gasteiger partial charge in [-0.3, -0.25) is 0 Å². The summed E-state index contributed by atoms with van der Waals surface area (Å²) in [5.74, 6) is 0. The highest BCUT2D eigenvalue weighted by atomic mass is 127. The van der Waals surface area contributed by atoms with E-state index in [9.17, 15) is 0 Å². The zero-order chi connectivity index (χ0) is 34.6. The lowest BCUT2D eigenvalue weighted by Gasteiger charge is -2.37. The van der Waals surface area contributed by atoms with Gasteiger partial charge in [0.05, 0.1) is 105 Å². The summed E-state index contributed by atoms with van der Waals surface area (Å²) in [4.78, 5) is 0. The zero-order valence-electron chi connectivity index (χ0n) is 35.9. The summed E-state index contributed by atoms with van der Waals surface area (Å²) in [6.45, 7) is 45.6. The first-order valence-corrected chi connectivity index (χ1v) is 21.6. The van der Waals surface area contributed by atoms with Crippen molar-refractivity contribution in [3.8, 4) is 0 Å². The maximum absolute atomic E-state index is 2.44. The average Bonchev–Trinajstić information content (AvgIpc) is 3.10. The number of rotatable bonds is 35. The van der Waals surface area contributed by atoms with E-state index in [0.717, 1.165) is 0 Å². The normalized spacial score (nSPS) is 12.1. The van der Waals surface area contributed by atoms with Crippen molar-refractivity contribution < 1.29 is 114 Å². The number of hydrogen-bond donors (Lipinski definition) is 0. The molecule has 0 aliphatic carbocycles. The van der Waals surface area contributed by atoms with E-state index >= 15 is 0 Å². The predicted molar refractivity (Wildman–Crippen MR) is 210 cm³/mol. The molecule has 0 radical (unpaired) electrons. The topological polar surface area (TPSA) is 0 Å². The van der Waals surface area contributed by atoms with Crippen molar-refractivity contribution in [2.24, 2.45) is 0 Å². The maximum atomic E-state index is 2.44. The van der Waals surface area contributed by atoms with Crippen LogP contribution in [0.15, 0.2) is 0 Å². The smallest absolute Gasteiger partial charge is 0.0786 e. The van der Waals surface area contributed by atoms with E-state index in [1.807, 2.05) is 0 Å². The Morgan fingerprint density at radius 2 is 0.300 bits per heavy atom. The van der Waals surface area contributed by atoms with Crippen molar-refractivity contribution in [3.63, 3.8) is 0 Å². The van der Waals surface area contributed by atoms with Crippen LogP contribution >= 0.6 is 0 Å². The van der Waals surface area contributed by atoms with Crippen LogP contribution < -0.4 is 95.9 Å². The number of unbranched alkanes of at least 4 members (excludes halogenated alkanes) is 13. The molecule has 50 heavy (non-hydrogen) atoms. The summed E-state index contributed by atoms with van der Waals surface area (Å²) in [6.07, 6.45) is 23.0. The first-order chi connectivity index (χ1) is 22.2. The molecular weight excluding hydrogens is 1070 g/mol. The summed E-state index contributed by atoms with van der Waals surface area (Å²) in [5.41, 5.74) is 0. The zero-order valence-corrected chi connectivity index (χ0v) is 44.6. The van der Waals surface area contributed by atoms with Gasteiger partial charge in [-0.1, -0.05) is 25.7 Å². The Labute approximate surface area is 386 Å². The maximum Gasteiger partial charge on any atom is 0.0786 e. The van der Waals surface area contributed by atoms with Gasteiger partial charge in [0.2, 0.25) is 0 Å². The Hall–Kier alpha value is 2.76. The molecule has 0 atom stereocenters. The SMILES string of the molecule is CC[N+](CC)(CC)CCCCCC[N+](CC)(CC)CCCCCCCCCC[N+](CC)(CC)CCCCCC[N+](CC)(CC)CC.[I-].[I-].[I-].[I-]. The molecule has 0 aliphatic heterocycles. The van der Waals surface area contributed by atoms with Gasteiger partial charge in [-0.05, 0) is 146 Å². The fourth-order valence-electron chi connectivity index (χ4n) is 8.68. The van der Waals surface area contributed by atoms with Crippen molar-refractivity contribution in [1.29, 1.82) is 0 Å². The molecule has 0 aromatic heterocycles. The fourth-order valence-corrected chi connectivity index (χ4v) is 8.68. The lowest BCUT2D eigenvalue weighted by molar-refractivity contribution is -0.925. The molecule has 0 bridgehead atoms. The van der Waals surface area contributed by atoms with Crippen LogP contribution in [-0.4, -0.2) is 123 Å². The third-order valence-corrected chi connectivity index (χ3v) is 13.8. The molecule has 8 heteroatoms. The highest BCUT2D eigenvalue weighted by Gasteiger charge is 2.24. The van der Waals surface area contributed by atoms with E-state index in [1.165, 1.54) is 225 Å². The molecule has 0 fully saturated rings. The Morgan fingerprint density at radius 3 is 0.440 bits per heavy atom. The second kappa shape index (κ2) is 38.6. The minimum Gasteiger partial charge on any atom is -1.00 e. The summed E-state index contributed by atoms with van der Waals surface area (Å²) in [7, 11) is 0. The van der Waals surface area contributed by atoms with E-state index < -0.39 is 0 Å². The molecule has 0 unspecified atom stereocenters. The van der Waals surface area contributed by atoms with Gasteiger partial charge < -0.3 is 114 Å². The van der Waals surface area contributed by atoms with E-state index in [2.05, 4.69) is 69.2 Å². The van der Waals surface area contributed by atoms with Crippen LogP contribution in [0.4, 0.5) is 0 Å². The van der Waals surface area contributed by atoms with Crippen molar-refractivity contribution in [2.45, 2.75) is 172 Å². The van der Waals surface area contributed by atoms with Crippen LogP contribution in [0.25, 0.3) is 0 Å². The highest BCUT2D eigenvalue weighted by Crippen LogP contribution is 2.18. The van der Waals surface area contributed by atoms with Gasteiger partial charge in [0, 0.05) is 0 Å². The summed E-state index contributed by atoms with van der Waals surface area (Å²) < 4.78 is 5.37. The molecule has 0 saturated carbocycles. The quantitative estimate of drug-likeness (QED) is 0.0422. The van der Waals surface area contributed by atoms with E-state index in [4.69, 9.17) is 0 Å². The van der Waals surface area contributed by atoms with Gasteiger partial charge in [0.15, 0.2) is 0 Å². The van der Waals surface area contributed by atoms with E-state index in [1.54, 1.807) is 0 Å². The Kier molecular flexibility index (Phi) is 47.9. The molecule has 0 N–H and O–H groups in total.